The predicted molar refractivity (Wildman–Crippen MR) is 113 cm³/mol. The van der Waals surface area contributed by atoms with Crippen LogP contribution in [0.3, 0.4) is 0 Å². The van der Waals surface area contributed by atoms with Gasteiger partial charge in [-0.05, 0) is 42.6 Å². The summed E-state index contributed by atoms with van der Waals surface area (Å²) in [6.07, 6.45) is -2.73. The molecule has 1 aliphatic heterocycles. The Morgan fingerprint density at radius 3 is 2.59 bits per heavy atom. The Kier molecular flexibility index (Phi) is 6.29. The number of amides is 1. The Morgan fingerprint density at radius 1 is 1.16 bits per heavy atom. The second kappa shape index (κ2) is 9.13. The van der Waals surface area contributed by atoms with Gasteiger partial charge in [0.15, 0.2) is 5.69 Å². The van der Waals surface area contributed by atoms with E-state index in [2.05, 4.69) is 15.3 Å². The van der Waals surface area contributed by atoms with Gasteiger partial charge in [0, 0.05) is 17.8 Å². The zero-order valence-corrected chi connectivity index (χ0v) is 17.1. The van der Waals surface area contributed by atoms with Crippen molar-refractivity contribution < 1.29 is 23.1 Å². The second-order valence-electron chi connectivity index (χ2n) is 7.77. The molecule has 0 saturated carbocycles. The van der Waals surface area contributed by atoms with E-state index >= 15 is 0 Å². The number of nitrogens with zero attached hydrogens (tertiary/aromatic N) is 2. The maximum Gasteiger partial charge on any atom is 0.432 e. The highest BCUT2D eigenvalue weighted by Crippen LogP contribution is 2.35. The summed E-state index contributed by atoms with van der Waals surface area (Å²) in [5, 5.41) is 17.8. The number of rotatable bonds is 6. The number of carbonyl (C=O) groups is 1. The van der Waals surface area contributed by atoms with Crippen LogP contribution in [-0.4, -0.2) is 45.3 Å². The van der Waals surface area contributed by atoms with E-state index in [1.807, 2.05) is 41.5 Å². The first-order chi connectivity index (χ1) is 15.4. The molecule has 32 heavy (non-hydrogen) atoms. The van der Waals surface area contributed by atoms with Crippen molar-refractivity contribution in [2.24, 2.45) is 0 Å². The first-order valence-corrected chi connectivity index (χ1v) is 10.3. The van der Waals surface area contributed by atoms with Gasteiger partial charge in [0.2, 0.25) is 0 Å². The monoisotopic (exact) mass is 444 g/mol. The summed E-state index contributed by atoms with van der Waals surface area (Å²) >= 11 is 0. The van der Waals surface area contributed by atoms with E-state index in [-0.39, 0.29) is 24.4 Å². The SMILES string of the molecule is O=C(Nc1cccc(C(c2ccccc2)N2CCCC2CO)c1)c1cc(C(F)(F)F)[nH]n1. The normalized spacial score (nSPS) is 17.9. The molecule has 6 nitrogen and oxygen atoms in total. The molecule has 1 amide bonds. The number of benzene rings is 2. The first-order valence-electron chi connectivity index (χ1n) is 10.3. The number of H-pyrrole nitrogens is 1. The van der Waals surface area contributed by atoms with E-state index in [1.54, 1.807) is 18.2 Å². The lowest BCUT2D eigenvalue weighted by atomic mass is 9.96. The molecule has 2 aromatic carbocycles. The number of aromatic amines is 1. The molecule has 168 valence electrons. The molecule has 0 radical (unpaired) electrons. The molecule has 2 heterocycles. The van der Waals surface area contributed by atoms with Gasteiger partial charge in [-0.25, -0.2) is 0 Å². The summed E-state index contributed by atoms with van der Waals surface area (Å²) in [6.45, 7) is 0.884. The van der Waals surface area contributed by atoms with Crippen LogP contribution in [0.1, 0.15) is 46.2 Å². The van der Waals surface area contributed by atoms with Crippen LogP contribution in [0.5, 0.6) is 0 Å². The summed E-state index contributed by atoms with van der Waals surface area (Å²) < 4.78 is 38.3. The Balaban J connectivity index is 1.61. The van der Waals surface area contributed by atoms with Crippen LogP contribution in [0.25, 0.3) is 0 Å². The fourth-order valence-electron chi connectivity index (χ4n) is 4.17. The lowest BCUT2D eigenvalue weighted by Crippen LogP contribution is -2.36. The van der Waals surface area contributed by atoms with Crippen molar-refractivity contribution >= 4 is 11.6 Å². The van der Waals surface area contributed by atoms with Crippen LogP contribution in [0.4, 0.5) is 18.9 Å². The number of hydrogen-bond acceptors (Lipinski definition) is 4. The van der Waals surface area contributed by atoms with Gasteiger partial charge in [0.1, 0.15) is 5.69 Å². The number of halogens is 3. The van der Waals surface area contributed by atoms with E-state index < -0.39 is 17.8 Å². The number of aliphatic hydroxyl groups excluding tert-OH is 1. The average molecular weight is 444 g/mol. The van der Waals surface area contributed by atoms with E-state index in [9.17, 15) is 23.1 Å². The minimum atomic E-state index is -4.60. The summed E-state index contributed by atoms with van der Waals surface area (Å²) in [6, 6.07) is 17.7. The number of aromatic nitrogens is 2. The average Bonchev–Trinajstić information content (AvgIpc) is 3.45. The molecule has 4 rings (SSSR count). The van der Waals surface area contributed by atoms with Gasteiger partial charge in [-0.3, -0.25) is 14.8 Å². The van der Waals surface area contributed by atoms with E-state index in [0.29, 0.717) is 11.8 Å². The molecular formula is C23H23F3N4O2. The third-order valence-corrected chi connectivity index (χ3v) is 5.66. The van der Waals surface area contributed by atoms with Crippen LogP contribution in [0.15, 0.2) is 60.7 Å². The third kappa shape index (κ3) is 4.68. The van der Waals surface area contributed by atoms with Crippen molar-refractivity contribution in [3.63, 3.8) is 0 Å². The molecule has 3 aromatic rings. The molecule has 1 aromatic heterocycles. The minimum Gasteiger partial charge on any atom is -0.395 e. The molecule has 9 heteroatoms. The van der Waals surface area contributed by atoms with Crippen LogP contribution >= 0.6 is 0 Å². The summed E-state index contributed by atoms with van der Waals surface area (Å²) in [4.78, 5) is 14.7. The molecule has 1 saturated heterocycles. The largest absolute Gasteiger partial charge is 0.432 e. The van der Waals surface area contributed by atoms with Gasteiger partial charge in [0.25, 0.3) is 5.91 Å². The Morgan fingerprint density at radius 2 is 1.91 bits per heavy atom. The maximum absolute atomic E-state index is 12.8. The molecular weight excluding hydrogens is 421 g/mol. The molecule has 0 aliphatic carbocycles. The Labute approximate surface area is 183 Å². The summed E-state index contributed by atoms with van der Waals surface area (Å²) in [5.41, 5.74) is 0.988. The van der Waals surface area contributed by atoms with Gasteiger partial charge in [0.05, 0.1) is 12.6 Å². The van der Waals surface area contributed by atoms with Gasteiger partial charge in [-0.15, -0.1) is 0 Å². The number of alkyl halides is 3. The number of anilines is 1. The number of aliphatic hydroxyl groups is 1. The summed E-state index contributed by atoms with van der Waals surface area (Å²) in [5.74, 6) is -0.737. The highest BCUT2D eigenvalue weighted by atomic mass is 19.4. The van der Waals surface area contributed by atoms with Crippen molar-refractivity contribution in [1.29, 1.82) is 0 Å². The number of carbonyl (C=O) groups excluding carboxylic acids is 1. The van der Waals surface area contributed by atoms with Crippen molar-refractivity contribution in [3.8, 4) is 0 Å². The minimum absolute atomic E-state index is 0.0308. The summed E-state index contributed by atoms with van der Waals surface area (Å²) in [7, 11) is 0. The van der Waals surface area contributed by atoms with E-state index in [1.165, 1.54) is 0 Å². The Hall–Kier alpha value is -3.17. The molecule has 2 atom stereocenters. The zero-order chi connectivity index (χ0) is 22.7. The van der Waals surface area contributed by atoms with Gasteiger partial charge in [-0.2, -0.15) is 18.3 Å². The first kappa shape index (κ1) is 22.0. The van der Waals surface area contributed by atoms with Crippen LogP contribution in [0, 0.1) is 0 Å². The van der Waals surface area contributed by atoms with Crippen molar-refractivity contribution in [2.75, 3.05) is 18.5 Å². The van der Waals surface area contributed by atoms with Crippen LogP contribution in [0.2, 0.25) is 0 Å². The van der Waals surface area contributed by atoms with Gasteiger partial charge >= 0.3 is 6.18 Å². The quantitative estimate of drug-likeness (QED) is 0.532. The fourth-order valence-corrected chi connectivity index (χ4v) is 4.17. The fraction of sp³-hybridized carbons (Fsp3) is 0.304. The predicted octanol–water partition coefficient (Wildman–Crippen LogP) is 4.23. The molecule has 0 bridgehead atoms. The van der Waals surface area contributed by atoms with Gasteiger partial charge in [-0.1, -0.05) is 42.5 Å². The third-order valence-electron chi connectivity index (χ3n) is 5.66. The lowest BCUT2D eigenvalue weighted by Gasteiger charge is -2.33. The highest BCUT2D eigenvalue weighted by molar-refractivity contribution is 6.02. The molecule has 0 spiro atoms. The topological polar surface area (TPSA) is 81.3 Å². The van der Waals surface area contributed by atoms with Crippen molar-refractivity contribution in [3.05, 3.63) is 83.2 Å². The van der Waals surface area contributed by atoms with E-state index in [0.717, 1.165) is 30.5 Å². The van der Waals surface area contributed by atoms with Gasteiger partial charge < -0.3 is 10.4 Å². The second-order valence-corrected chi connectivity index (χ2v) is 7.77. The molecule has 3 N–H and O–H groups in total. The van der Waals surface area contributed by atoms with E-state index in [4.69, 9.17) is 0 Å². The smallest absolute Gasteiger partial charge is 0.395 e. The van der Waals surface area contributed by atoms with Crippen LogP contribution in [-0.2, 0) is 6.18 Å². The lowest BCUT2D eigenvalue weighted by molar-refractivity contribution is -0.141. The Bertz CT molecular complexity index is 1070. The van der Waals surface area contributed by atoms with Crippen molar-refractivity contribution in [1.82, 2.24) is 15.1 Å². The molecule has 1 fully saturated rings. The number of hydrogen-bond donors (Lipinski definition) is 3. The number of nitrogens with one attached hydrogen (secondary N) is 2. The maximum atomic E-state index is 12.8. The van der Waals surface area contributed by atoms with Crippen LogP contribution < -0.4 is 5.32 Å². The highest BCUT2D eigenvalue weighted by Gasteiger charge is 2.34. The number of likely N-dealkylation sites (tertiary alicyclic amines) is 1. The standard InChI is InChI=1S/C23H23F3N4O2/c24-23(25,26)20-13-19(28-29-20)22(32)27-17-9-4-8-16(12-17)21(15-6-2-1-3-7-15)30-11-5-10-18(30)14-31/h1-4,6-9,12-13,18,21,31H,5,10-11,14H2,(H,27,32)(H,28,29). The molecule has 1 aliphatic rings. The van der Waals surface area contributed by atoms with Crippen molar-refractivity contribution in [2.45, 2.75) is 31.1 Å². The molecule has 2 unspecified atom stereocenters. The zero-order valence-electron chi connectivity index (χ0n) is 17.1.